The van der Waals surface area contributed by atoms with E-state index in [0.717, 1.165) is 23.5 Å². The summed E-state index contributed by atoms with van der Waals surface area (Å²) < 4.78 is 16.2. The first-order valence-electron chi connectivity index (χ1n) is 7.23. The molecule has 2 unspecified atom stereocenters. The number of hydrogen-bond donors (Lipinski definition) is 2. The van der Waals surface area contributed by atoms with Crippen LogP contribution in [0.1, 0.15) is 5.56 Å². The summed E-state index contributed by atoms with van der Waals surface area (Å²) in [5.41, 5.74) is 6.93. The van der Waals surface area contributed by atoms with E-state index < -0.39 is 0 Å². The van der Waals surface area contributed by atoms with Gasteiger partial charge in [0.1, 0.15) is 13.2 Å². The third kappa shape index (κ3) is 3.28. The maximum atomic E-state index is 12.0. The summed E-state index contributed by atoms with van der Waals surface area (Å²) in [6, 6.07) is 5.67. The number of nitrogens with one attached hydrogen (secondary N) is 1. The second-order valence-electron chi connectivity index (χ2n) is 5.33. The van der Waals surface area contributed by atoms with E-state index in [0.29, 0.717) is 33.0 Å². The van der Waals surface area contributed by atoms with E-state index in [-0.39, 0.29) is 17.9 Å². The molecular weight excluding hydrogens is 272 g/mol. The van der Waals surface area contributed by atoms with Crippen LogP contribution in [0.5, 0.6) is 11.5 Å². The van der Waals surface area contributed by atoms with Gasteiger partial charge in [0.05, 0.1) is 19.1 Å². The van der Waals surface area contributed by atoms with Crippen molar-refractivity contribution in [1.29, 1.82) is 0 Å². The van der Waals surface area contributed by atoms with Gasteiger partial charge in [-0.25, -0.2) is 0 Å². The Balaban J connectivity index is 1.50. The van der Waals surface area contributed by atoms with Gasteiger partial charge in [-0.1, -0.05) is 6.07 Å². The molecule has 0 radical (unpaired) electrons. The van der Waals surface area contributed by atoms with Crippen molar-refractivity contribution >= 4 is 5.91 Å². The van der Waals surface area contributed by atoms with Crippen LogP contribution in [0.15, 0.2) is 18.2 Å². The molecule has 114 valence electrons. The molecule has 0 spiro atoms. The minimum atomic E-state index is -0.231. The molecule has 3 N–H and O–H groups in total. The third-order valence-corrected chi connectivity index (χ3v) is 3.78. The first-order chi connectivity index (χ1) is 10.2. The highest BCUT2D eigenvalue weighted by molar-refractivity contribution is 5.79. The molecule has 21 heavy (non-hydrogen) atoms. The van der Waals surface area contributed by atoms with E-state index in [9.17, 15) is 4.79 Å². The lowest BCUT2D eigenvalue weighted by atomic mass is 10.0. The first kappa shape index (κ1) is 14.2. The van der Waals surface area contributed by atoms with Gasteiger partial charge in [-0.15, -0.1) is 0 Å². The molecule has 0 aromatic heterocycles. The number of benzene rings is 1. The Kier molecular flexibility index (Phi) is 4.26. The SMILES string of the molecule is NC1COCC1C(=O)NCCc1ccc2c(c1)OCCO2. The van der Waals surface area contributed by atoms with Gasteiger partial charge in [-0.05, 0) is 24.1 Å². The standard InChI is InChI=1S/C15H20N2O4/c16-12-9-19-8-11(12)15(18)17-4-3-10-1-2-13-14(7-10)21-6-5-20-13/h1-2,7,11-12H,3-6,8-9,16H2,(H,17,18). The summed E-state index contributed by atoms with van der Waals surface area (Å²) in [5, 5.41) is 2.91. The average Bonchev–Trinajstić information content (AvgIpc) is 2.93. The zero-order valence-corrected chi connectivity index (χ0v) is 11.8. The minimum absolute atomic E-state index is 0.0301. The van der Waals surface area contributed by atoms with Crippen molar-refractivity contribution in [3.8, 4) is 11.5 Å². The Labute approximate surface area is 123 Å². The van der Waals surface area contributed by atoms with Gasteiger partial charge >= 0.3 is 0 Å². The number of rotatable bonds is 4. The Hall–Kier alpha value is -1.79. The van der Waals surface area contributed by atoms with Crippen molar-refractivity contribution < 1.29 is 19.0 Å². The maximum absolute atomic E-state index is 12.0. The lowest BCUT2D eigenvalue weighted by Gasteiger charge is -2.19. The summed E-state index contributed by atoms with van der Waals surface area (Å²) in [4.78, 5) is 12.0. The zero-order valence-electron chi connectivity index (χ0n) is 11.8. The number of ether oxygens (including phenoxy) is 3. The van der Waals surface area contributed by atoms with E-state index in [1.807, 2.05) is 18.2 Å². The number of fused-ring (bicyclic) bond motifs is 1. The second-order valence-corrected chi connectivity index (χ2v) is 5.33. The first-order valence-corrected chi connectivity index (χ1v) is 7.23. The third-order valence-electron chi connectivity index (χ3n) is 3.78. The predicted molar refractivity (Wildman–Crippen MR) is 76.4 cm³/mol. The highest BCUT2D eigenvalue weighted by atomic mass is 16.6. The predicted octanol–water partition coefficient (Wildman–Crippen LogP) is 0.0902. The number of nitrogens with two attached hydrogens (primary N) is 1. The zero-order chi connectivity index (χ0) is 14.7. The van der Waals surface area contributed by atoms with Crippen LogP contribution in [0.2, 0.25) is 0 Å². The Morgan fingerprint density at radius 1 is 1.24 bits per heavy atom. The quantitative estimate of drug-likeness (QED) is 0.822. The smallest absolute Gasteiger partial charge is 0.227 e. The molecule has 1 aromatic rings. The van der Waals surface area contributed by atoms with Gasteiger partial charge in [0, 0.05) is 12.6 Å². The fourth-order valence-electron chi connectivity index (χ4n) is 2.55. The molecule has 6 nitrogen and oxygen atoms in total. The van der Waals surface area contributed by atoms with E-state index in [2.05, 4.69) is 5.32 Å². The van der Waals surface area contributed by atoms with Crippen LogP contribution < -0.4 is 20.5 Å². The molecule has 2 heterocycles. The molecule has 2 atom stereocenters. The van der Waals surface area contributed by atoms with Gasteiger partial charge in [0.2, 0.25) is 5.91 Å². The van der Waals surface area contributed by atoms with Crippen molar-refractivity contribution in [3.63, 3.8) is 0 Å². The molecule has 1 amide bonds. The molecule has 2 aliphatic heterocycles. The molecule has 6 heteroatoms. The monoisotopic (exact) mass is 292 g/mol. The second kappa shape index (κ2) is 6.32. The van der Waals surface area contributed by atoms with Crippen molar-refractivity contribution in [2.45, 2.75) is 12.5 Å². The fourth-order valence-corrected chi connectivity index (χ4v) is 2.55. The normalized spacial score (nSPS) is 23.9. The molecule has 1 aromatic carbocycles. The van der Waals surface area contributed by atoms with Crippen LogP contribution in [0.4, 0.5) is 0 Å². The summed E-state index contributed by atoms with van der Waals surface area (Å²) in [6.45, 7) is 2.61. The fraction of sp³-hybridized carbons (Fsp3) is 0.533. The molecule has 0 bridgehead atoms. The maximum Gasteiger partial charge on any atom is 0.227 e. The van der Waals surface area contributed by atoms with Gasteiger partial charge in [-0.3, -0.25) is 4.79 Å². The molecule has 1 saturated heterocycles. The minimum Gasteiger partial charge on any atom is -0.486 e. The van der Waals surface area contributed by atoms with Crippen LogP contribution in [0.25, 0.3) is 0 Å². The van der Waals surface area contributed by atoms with E-state index in [4.69, 9.17) is 19.9 Å². The summed E-state index contributed by atoms with van der Waals surface area (Å²) in [7, 11) is 0. The molecule has 0 aliphatic carbocycles. The Bertz CT molecular complexity index is 520. The topological polar surface area (TPSA) is 82.8 Å². The van der Waals surface area contributed by atoms with Crippen molar-refractivity contribution in [2.75, 3.05) is 33.0 Å². The lowest BCUT2D eigenvalue weighted by Crippen LogP contribution is -2.41. The van der Waals surface area contributed by atoms with Crippen LogP contribution >= 0.6 is 0 Å². The van der Waals surface area contributed by atoms with E-state index in [1.165, 1.54) is 0 Å². The van der Waals surface area contributed by atoms with E-state index in [1.54, 1.807) is 0 Å². The van der Waals surface area contributed by atoms with Crippen LogP contribution in [-0.4, -0.2) is 44.9 Å². The summed E-state index contributed by atoms with van der Waals surface area (Å²) in [5.74, 6) is 1.29. The molecule has 3 rings (SSSR count). The Morgan fingerprint density at radius 2 is 2.05 bits per heavy atom. The lowest BCUT2D eigenvalue weighted by molar-refractivity contribution is -0.125. The number of amides is 1. The van der Waals surface area contributed by atoms with Crippen molar-refractivity contribution in [1.82, 2.24) is 5.32 Å². The highest BCUT2D eigenvalue weighted by Gasteiger charge is 2.30. The van der Waals surface area contributed by atoms with Gasteiger partial charge in [0.25, 0.3) is 0 Å². The van der Waals surface area contributed by atoms with Crippen LogP contribution in [0, 0.1) is 5.92 Å². The highest BCUT2D eigenvalue weighted by Crippen LogP contribution is 2.30. The average molecular weight is 292 g/mol. The van der Waals surface area contributed by atoms with E-state index >= 15 is 0 Å². The summed E-state index contributed by atoms with van der Waals surface area (Å²) >= 11 is 0. The molecular formula is C15H20N2O4. The largest absolute Gasteiger partial charge is 0.486 e. The number of carbonyl (C=O) groups is 1. The molecule has 1 fully saturated rings. The van der Waals surface area contributed by atoms with Gasteiger partial charge in [-0.2, -0.15) is 0 Å². The van der Waals surface area contributed by atoms with Gasteiger partial charge < -0.3 is 25.3 Å². The van der Waals surface area contributed by atoms with Crippen LogP contribution in [-0.2, 0) is 16.0 Å². The van der Waals surface area contributed by atoms with Gasteiger partial charge in [0.15, 0.2) is 11.5 Å². The number of carbonyl (C=O) groups excluding carboxylic acids is 1. The summed E-state index contributed by atoms with van der Waals surface area (Å²) in [6.07, 6.45) is 0.741. The van der Waals surface area contributed by atoms with Crippen molar-refractivity contribution in [2.24, 2.45) is 11.7 Å². The number of hydrogen-bond acceptors (Lipinski definition) is 5. The van der Waals surface area contributed by atoms with Crippen molar-refractivity contribution in [3.05, 3.63) is 23.8 Å². The van der Waals surface area contributed by atoms with Crippen LogP contribution in [0.3, 0.4) is 0 Å². The molecule has 2 aliphatic rings. The Morgan fingerprint density at radius 3 is 2.81 bits per heavy atom. The molecule has 0 saturated carbocycles.